The highest BCUT2D eigenvalue weighted by Gasteiger charge is 2.22. The summed E-state index contributed by atoms with van der Waals surface area (Å²) in [6.45, 7) is 15.6. The Balaban J connectivity index is 2.00. The molecule has 0 aromatic rings. The Morgan fingerprint density at radius 1 is 1.16 bits per heavy atom. The number of nitrogens with zero attached hydrogens (tertiary/aromatic N) is 1. The second kappa shape index (κ2) is 9.73. The normalized spacial score (nSPS) is 20.1. The Hall–Kier alpha value is -0.120. The van der Waals surface area contributed by atoms with Crippen LogP contribution in [0.4, 0.5) is 0 Å². The van der Waals surface area contributed by atoms with Gasteiger partial charge in [-0.2, -0.15) is 0 Å². The fraction of sp³-hybridized carbons (Fsp3) is 1.00. The first-order chi connectivity index (χ1) is 9.13. The zero-order valence-corrected chi connectivity index (χ0v) is 13.5. The topological polar surface area (TPSA) is 24.5 Å². The number of likely N-dealkylation sites (tertiary alicyclic amines) is 1. The Morgan fingerprint density at radius 3 is 2.42 bits per heavy atom. The first-order valence-electron chi connectivity index (χ1n) is 8.17. The molecule has 1 N–H and O–H groups in total. The van der Waals surface area contributed by atoms with E-state index in [4.69, 9.17) is 4.74 Å². The highest BCUT2D eigenvalue weighted by Crippen LogP contribution is 2.20. The van der Waals surface area contributed by atoms with Crippen molar-refractivity contribution in [1.29, 1.82) is 0 Å². The summed E-state index contributed by atoms with van der Waals surface area (Å²) < 4.78 is 5.65. The van der Waals surface area contributed by atoms with Crippen LogP contribution in [0.5, 0.6) is 0 Å². The van der Waals surface area contributed by atoms with E-state index in [0.29, 0.717) is 6.04 Å². The highest BCUT2D eigenvalue weighted by atomic mass is 16.5. The van der Waals surface area contributed by atoms with E-state index in [2.05, 4.69) is 37.9 Å². The minimum atomic E-state index is 0.632. The maximum atomic E-state index is 5.65. The summed E-state index contributed by atoms with van der Waals surface area (Å²) >= 11 is 0. The van der Waals surface area contributed by atoms with E-state index in [-0.39, 0.29) is 0 Å². The van der Waals surface area contributed by atoms with E-state index in [0.717, 1.165) is 31.6 Å². The number of ether oxygens (including phenoxy) is 1. The molecular formula is C16H34N2O. The van der Waals surface area contributed by atoms with Crippen molar-refractivity contribution in [2.75, 3.05) is 39.4 Å². The summed E-state index contributed by atoms with van der Waals surface area (Å²) in [5.41, 5.74) is 0. The molecule has 19 heavy (non-hydrogen) atoms. The molecule has 0 saturated carbocycles. The third-order valence-electron chi connectivity index (χ3n) is 4.34. The summed E-state index contributed by atoms with van der Waals surface area (Å²) in [6, 6.07) is 0.632. The van der Waals surface area contributed by atoms with E-state index in [1.807, 2.05) is 0 Å². The van der Waals surface area contributed by atoms with Gasteiger partial charge in [-0.15, -0.1) is 0 Å². The van der Waals surface area contributed by atoms with Gasteiger partial charge in [-0.1, -0.05) is 20.8 Å². The molecule has 1 atom stereocenters. The van der Waals surface area contributed by atoms with Gasteiger partial charge in [-0.05, 0) is 57.7 Å². The Kier molecular flexibility index (Phi) is 8.67. The van der Waals surface area contributed by atoms with Crippen LogP contribution in [0.25, 0.3) is 0 Å². The average Bonchev–Trinajstić information content (AvgIpc) is 2.42. The largest absolute Gasteiger partial charge is 0.380 e. The van der Waals surface area contributed by atoms with Crippen LogP contribution in [0.3, 0.4) is 0 Å². The Labute approximate surface area is 120 Å². The zero-order chi connectivity index (χ0) is 14.1. The number of nitrogens with one attached hydrogen (secondary N) is 1. The van der Waals surface area contributed by atoms with Crippen molar-refractivity contribution in [2.45, 2.75) is 53.0 Å². The summed E-state index contributed by atoms with van der Waals surface area (Å²) in [5, 5.41) is 3.63. The molecule has 1 aliphatic heterocycles. The maximum absolute atomic E-state index is 5.65. The molecule has 0 aliphatic carbocycles. The SMILES string of the molecule is CCN1CCC(C(C)NCCOCCC(C)C)CC1. The summed E-state index contributed by atoms with van der Waals surface area (Å²) in [4.78, 5) is 2.55. The van der Waals surface area contributed by atoms with Crippen molar-refractivity contribution in [3.8, 4) is 0 Å². The number of hydrogen-bond acceptors (Lipinski definition) is 3. The van der Waals surface area contributed by atoms with Gasteiger partial charge in [0.1, 0.15) is 0 Å². The lowest BCUT2D eigenvalue weighted by Crippen LogP contribution is -2.42. The van der Waals surface area contributed by atoms with Gasteiger partial charge in [-0.25, -0.2) is 0 Å². The fourth-order valence-corrected chi connectivity index (χ4v) is 2.72. The van der Waals surface area contributed by atoms with Crippen LogP contribution in [-0.2, 0) is 4.74 Å². The average molecular weight is 270 g/mol. The van der Waals surface area contributed by atoms with Crippen molar-refractivity contribution < 1.29 is 4.74 Å². The van der Waals surface area contributed by atoms with Gasteiger partial charge in [0.25, 0.3) is 0 Å². The van der Waals surface area contributed by atoms with Gasteiger partial charge in [0.15, 0.2) is 0 Å². The molecule has 0 aromatic carbocycles. The van der Waals surface area contributed by atoms with Crippen molar-refractivity contribution in [3.05, 3.63) is 0 Å². The van der Waals surface area contributed by atoms with E-state index < -0.39 is 0 Å². The first kappa shape index (κ1) is 16.9. The molecule has 1 heterocycles. The molecule has 0 amide bonds. The lowest BCUT2D eigenvalue weighted by molar-refractivity contribution is 0.117. The first-order valence-corrected chi connectivity index (χ1v) is 8.17. The molecule has 1 aliphatic rings. The van der Waals surface area contributed by atoms with Gasteiger partial charge in [0.2, 0.25) is 0 Å². The molecule has 1 fully saturated rings. The van der Waals surface area contributed by atoms with Gasteiger partial charge in [-0.3, -0.25) is 0 Å². The van der Waals surface area contributed by atoms with Crippen molar-refractivity contribution >= 4 is 0 Å². The summed E-state index contributed by atoms with van der Waals surface area (Å²) in [6.07, 6.45) is 3.86. The predicted octanol–water partition coefficient (Wildman–Crippen LogP) is 2.76. The number of rotatable bonds is 9. The number of piperidine rings is 1. The minimum Gasteiger partial charge on any atom is -0.380 e. The Morgan fingerprint density at radius 2 is 1.84 bits per heavy atom. The van der Waals surface area contributed by atoms with Crippen molar-refractivity contribution in [1.82, 2.24) is 10.2 Å². The van der Waals surface area contributed by atoms with Crippen LogP contribution in [0.2, 0.25) is 0 Å². The maximum Gasteiger partial charge on any atom is 0.0591 e. The monoisotopic (exact) mass is 270 g/mol. The van der Waals surface area contributed by atoms with Gasteiger partial charge >= 0.3 is 0 Å². The second-order valence-corrected chi connectivity index (χ2v) is 6.31. The van der Waals surface area contributed by atoms with Gasteiger partial charge < -0.3 is 15.0 Å². The molecule has 3 heteroatoms. The molecule has 3 nitrogen and oxygen atoms in total. The van der Waals surface area contributed by atoms with Gasteiger partial charge in [0, 0.05) is 19.2 Å². The van der Waals surface area contributed by atoms with E-state index in [1.165, 1.54) is 38.9 Å². The summed E-state index contributed by atoms with van der Waals surface area (Å²) in [7, 11) is 0. The van der Waals surface area contributed by atoms with Crippen LogP contribution in [0.15, 0.2) is 0 Å². The molecule has 1 saturated heterocycles. The highest BCUT2D eigenvalue weighted by molar-refractivity contribution is 4.79. The standard InChI is InChI=1S/C16H34N2O/c1-5-18-10-6-16(7-11-18)15(4)17-9-13-19-12-8-14(2)3/h14-17H,5-13H2,1-4H3. The smallest absolute Gasteiger partial charge is 0.0591 e. The van der Waals surface area contributed by atoms with Crippen LogP contribution in [0, 0.1) is 11.8 Å². The van der Waals surface area contributed by atoms with E-state index >= 15 is 0 Å². The van der Waals surface area contributed by atoms with Crippen molar-refractivity contribution in [2.24, 2.45) is 11.8 Å². The third kappa shape index (κ3) is 7.28. The molecular weight excluding hydrogens is 236 g/mol. The summed E-state index contributed by atoms with van der Waals surface area (Å²) in [5.74, 6) is 1.59. The van der Waals surface area contributed by atoms with E-state index in [1.54, 1.807) is 0 Å². The predicted molar refractivity (Wildman–Crippen MR) is 82.6 cm³/mol. The number of hydrogen-bond donors (Lipinski definition) is 1. The van der Waals surface area contributed by atoms with Crippen LogP contribution < -0.4 is 5.32 Å². The third-order valence-corrected chi connectivity index (χ3v) is 4.34. The quantitative estimate of drug-likeness (QED) is 0.652. The zero-order valence-electron chi connectivity index (χ0n) is 13.5. The van der Waals surface area contributed by atoms with Crippen molar-refractivity contribution in [3.63, 3.8) is 0 Å². The lowest BCUT2D eigenvalue weighted by Gasteiger charge is -2.34. The molecule has 1 rings (SSSR count). The van der Waals surface area contributed by atoms with Gasteiger partial charge in [0.05, 0.1) is 6.61 Å². The Bertz CT molecular complexity index is 213. The molecule has 0 radical (unpaired) electrons. The van der Waals surface area contributed by atoms with E-state index in [9.17, 15) is 0 Å². The molecule has 114 valence electrons. The molecule has 0 bridgehead atoms. The minimum absolute atomic E-state index is 0.632. The van der Waals surface area contributed by atoms with Crippen LogP contribution in [0.1, 0.15) is 47.0 Å². The fourth-order valence-electron chi connectivity index (χ4n) is 2.72. The molecule has 0 spiro atoms. The second-order valence-electron chi connectivity index (χ2n) is 6.31. The lowest BCUT2D eigenvalue weighted by atomic mass is 9.90. The molecule has 0 aromatic heterocycles. The van der Waals surface area contributed by atoms with Crippen LogP contribution >= 0.6 is 0 Å². The molecule has 1 unspecified atom stereocenters. The van der Waals surface area contributed by atoms with Crippen LogP contribution in [-0.4, -0.2) is 50.3 Å².